The van der Waals surface area contributed by atoms with Crippen LogP contribution >= 0.6 is 11.3 Å². The molecule has 0 aliphatic heterocycles. The van der Waals surface area contributed by atoms with Gasteiger partial charge < -0.3 is 15.6 Å². The Morgan fingerprint density at radius 3 is 2.93 bits per heavy atom. The van der Waals surface area contributed by atoms with E-state index in [0.29, 0.717) is 5.69 Å². The largest absolute Gasteiger partial charge is 0.486 e. The molecule has 0 atom stereocenters. The Morgan fingerprint density at radius 2 is 2.29 bits per heavy atom. The summed E-state index contributed by atoms with van der Waals surface area (Å²) in [5, 5.41) is 10.7. The average Bonchev–Trinajstić information content (AvgIpc) is 2.55. The highest BCUT2D eigenvalue weighted by atomic mass is 32.1. The first kappa shape index (κ1) is 9.30. The first-order valence-electron chi connectivity index (χ1n) is 4.22. The Morgan fingerprint density at radius 1 is 1.50 bits per heavy atom. The molecule has 1 aromatic carbocycles. The lowest BCUT2D eigenvalue weighted by Crippen LogP contribution is -1.88. The maximum absolute atomic E-state index is 8.98. The number of anilines is 1. The van der Waals surface area contributed by atoms with Gasteiger partial charge in [0.1, 0.15) is 0 Å². The summed E-state index contributed by atoms with van der Waals surface area (Å²) in [4.78, 5) is 0. The summed E-state index contributed by atoms with van der Waals surface area (Å²) in [5.74, 6) is 0. The number of aliphatic hydroxyl groups is 1. The summed E-state index contributed by atoms with van der Waals surface area (Å²) in [6, 6.07) is 5.73. The molecule has 1 heterocycles. The maximum atomic E-state index is 8.98. The van der Waals surface area contributed by atoms with Crippen LogP contribution in [0.2, 0.25) is 0 Å². The molecule has 74 valence electrons. The molecule has 0 amide bonds. The second kappa shape index (κ2) is 3.48. The van der Waals surface area contributed by atoms with Crippen LogP contribution in [0.15, 0.2) is 18.2 Å². The van der Waals surface area contributed by atoms with Crippen LogP contribution in [0.4, 0.5) is 5.69 Å². The van der Waals surface area contributed by atoms with Gasteiger partial charge in [-0.15, -0.1) is 0 Å². The molecule has 0 fully saturated rings. The molecule has 2 aromatic rings. The molecule has 4 heteroatoms. The van der Waals surface area contributed by atoms with E-state index in [2.05, 4.69) is 0 Å². The third-order valence-corrected chi connectivity index (χ3v) is 3.27. The number of thiophene rings is 1. The smallest absolute Gasteiger partial charge is 0.198 e. The summed E-state index contributed by atoms with van der Waals surface area (Å²) < 4.78 is 6.21. The maximum Gasteiger partial charge on any atom is 0.198 e. The molecule has 14 heavy (non-hydrogen) atoms. The van der Waals surface area contributed by atoms with Crippen LogP contribution in [0.5, 0.6) is 5.06 Å². The summed E-state index contributed by atoms with van der Waals surface area (Å²) >= 11 is 1.51. The minimum absolute atomic E-state index is 0.0353. The van der Waals surface area contributed by atoms with Crippen molar-refractivity contribution >= 4 is 27.1 Å². The van der Waals surface area contributed by atoms with E-state index >= 15 is 0 Å². The van der Waals surface area contributed by atoms with Crippen LogP contribution in [0.3, 0.4) is 0 Å². The van der Waals surface area contributed by atoms with E-state index in [1.165, 1.54) is 11.3 Å². The zero-order valence-corrected chi connectivity index (χ0v) is 8.60. The fraction of sp³-hybridized carbons (Fsp3) is 0.200. The molecule has 0 spiro atoms. The average molecular weight is 209 g/mol. The van der Waals surface area contributed by atoms with Gasteiger partial charge in [0.25, 0.3) is 0 Å². The molecule has 0 bridgehead atoms. The minimum atomic E-state index is 0.0353. The van der Waals surface area contributed by atoms with Crippen LogP contribution in [-0.2, 0) is 6.61 Å². The zero-order chi connectivity index (χ0) is 10.1. The number of benzene rings is 1. The highest BCUT2D eigenvalue weighted by molar-refractivity contribution is 7.21. The van der Waals surface area contributed by atoms with Crippen LogP contribution in [0.1, 0.15) is 5.56 Å². The van der Waals surface area contributed by atoms with Gasteiger partial charge in [-0.1, -0.05) is 17.4 Å². The Labute approximate surface area is 85.7 Å². The first-order chi connectivity index (χ1) is 6.76. The van der Waals surface area contributed by atoms with Gasteiger partial charge in [-0.2, -0.15) is 0 Å². The molecule has 3 N–H and O–H groups in total. The number of nitrogens with two attached hydrogens (primary N) is 1. The molecule has 0 saturated carbocycles. The van der Waals surface area contributed by atoms with Gasteiger partial charge in [0.15, 0.2) is 5.06 Å². The molecule has 0 radical (unpaired) electrons. The van der Waals surface area contributed by atoms with Gasteiger partial charge in [-0.25, -0.2) is 0 Å². The van der Waals surface area contributed by atoms with Crippen molar-refractivity contribution in [2.75, 3.05) is 12.8 Å². The van der Waals surface area contributed by atoms with Crippen molar-refractivity contribution in [3.05, 3.63) is 23.8 Å². The molecule has 0 aliphatic carbocycles. The molecule has 0 aliphatic rings. The van der Waals surface area contributed by atoms with Gasteiger partial charge in [-0.3, -0.25) is 0 Å². The predicted molar refractivity (Wildman–Crippen MR) is 58.7 cm³/mol. The lowest BCUT2D eigenvalue weighted by atomic mass is 10.1. The number of fused-ring (bicyclic) bond motifs is 1. The van der Waals surface area contributed by atoms with Crippen LogP contribution in [0, 0.1) is 0 Å². The number of aliphatic hydroxyl groups excluding tert-OH is 1. The normalized spacial score (nSPS) is 10.7. The van der Waals surface area contributed by atoms with Crippen molar-refractivity contribution in [3.8, 4) is 5.06 Å². The summed E-state index contributed by atoms with van der Waals surface area (Å²) in [6.07, 6.45) is 0. The van der Waals surface area contributed by atoms with E-state index < -0.39 is 0 Å². The SMILES string of the molecule is COc1sc2ccc(CO)cc2c1N. The van der Waals surface area contributed by atoms with Crippen molar-refractivity contribution in [2.45, 2.75) is 6.61 Å². The van der Waals surface area contributed by atoms with Crippen LogP contribution in [0.25, 0.3) is 10.1 Å². The highest BCUT2D eigenvalue weighted by Crippen LogP contribution is 2.39. The fourth-order valence-corrected chi connectivity index (χ4v) is 2.31. The second-order valence-electron chi connectivity index (χ2n) is 3.00. The summed E-state index contributed by atoms with van der Waals surface area (Å²) in [6.45, 7) is 0.0353. The number of rotatable bonds is 2. The van der Waals surface area contributed by atoms with E-state index in [4.69, 9.17) is 15.6 Å². The Bertz CT molecular complexity index is 464. The van der Waals surface area contributed by atoms with E-state index in [-0.39, 0.29) is 6.61 Å². The molecular weight excluding hydrogens is 198 g/mol. The lowest BCUT2D eigenvalue weighted by Gasteiger charge is -1.97. The van der Waals surface area contributed by atoms with E-state index in [1.54, 1.807) is 7.11 Å². The Hall–Kier alpha value is -1.26. The quantitative estimate of drug-likeness (QED) is 0.795. The van der Waals surface area contributed by atoms with Crippen LogP contribution < -0.4 is 10.5 Å². The topological polar surface area (TPSA) is 55.5 Å². The predicted octanol–water partition coefficient (Wildman–Crippen LogP) is 1.98. The zero-order valence-electron chi connectivity index (χ0n) is 7.78. The minimum Gasteiger partial charge on any atom is -0.486 e. The van der Waals surface area contributed by atoms with Crippen molar-refractivity contribution in [3.63, 3.8) is 0 Å². The number of ether oxygens (including phenoxy) is 1. The van der Waals surface area contributed by atoms with Crippen molar-refractivity contribution < 1.29 is 9.84 Å². The molecule has 0 unspecified atom stereocenters. The van der Waals surface area contributed by atoms with Crippen LogP contribution in [-0.4, -0.2) is 12.2 Å². The second-order valence-corrected chi connectivity index (χ2v) is 4.01. The van der Waals surface area contributed by atoms with Gasteiger partial charge in [0.05, 0.1) is 19.4 Å². The number of hydrogen-bond donors (Lipinski definition) is 2. The van der Waals surface area contributed by atoms with E-state index in [1.807, 2.05) is 18.2 Å². The fourth-order valence-electron chi connectivity index (χ4n) is 1.39. The van der Waals surface area contributed by atoms with Gasteiger partial charge >= 0.3 is 0 Å². The Kier molecular flexibility index (Phi) is 2.31. The van der Waals surface area contributed by atoms with Crippen molar-refractivity contribution in [2.24, 2.45) is 0 Å². The highest BCUT2D eigenvalue weighted by Gasteiger charge is 2.09. The van der Waals surface area contributed by atoms with Gasteiger partial charge in [-0.05, 0) is 17.7 Å². The molecule has 2 rings (SSSR count). The van der Waals surface area contributed by atoms with Gasteiger partial charge in [0.2, 0.25) is 0 Å². The number of hydrogen-bond acceptors (Lipinski definition) is 4. The number of methoxy groups -OCH3 is 1. The molecular formula is C10H11NO2S. The third kappa shape index (κ3) is 1.32. The summed E-state index contributed by atoms with van der Waals surface area (Å²) in [5.41, 5.74) is 7.40. The molecule has 0 saturated heterocycles. The van der Waals surface area contributed by atoms with Crippen molar-refractivity contribution in [1.82, 2.24) is 0 Å². The third-order valence-electron chi connectivity index (χ3n) is 2.12. The molecule has 3 nitrogen and oxygen atoms in total. The van der Waals surface area contributed by atoms with E-state index in [9.17, 15) is 0 Å². The lowest BCUT2D eigenvalue weighted by molar-refractivity contribution is 0.282. The first-order valence-corrected chi connectivity index (χ1v) is 5.03. The standard InChI is InChI=1S/C10H11NO2S/c1-13-10-9(11)7-4-6(5-12)2-3-8(7)14-10/h2-4,12H,5,11H2,1H3. The number of nitrogen functional groups attached to an aromatic ring is 1. The monoisotopic (exact) mass is 209 g/mol. The van der Waals surface area contributed by atoms with E-state index in [0.717, 1.165) is 20.7 Å². The van der Waals surface area contributed by atoms with Crippen molar-refractivity contribution in [1.29, 1.82) is 0 Å². The molecule has 1 aromatic heterocycles. The Balaban J connectivity index is 2.68. The summed E-state index contributed by atoms with van der Waals surface area (Å²) in [7, 11) is 1.61. The van der Waals surface area contributed by atoms with Gasteiger partial charge in [0, 0.05) is 10.1 Å².